The van der Waals surface area contributed by atoms with Gasteiger partial charge in [0.2, 0.25) is 0 Å². The number of nitrogens with zero attached hydrogens (tertiary/aromatic N) is 3. The Morgan fingerprint density at radius 3 is 1.48 bits per heavy atom. The van der Waals surface area contributed by atoms with Crippen molar-refractivity contribution in [2.24, 2.45) is 0 Å². The first-order chi connectivity index (χ1) is 9.75. The van der Waals surface area contributed by atoms with Gasteiger partial charge in [0.15, 0.2) is 0 Å². The van der Waals surface area contributed by atoms with E-state index in [2.05, 4.69) is 64.8 Å². The molecule has 3 nitrogen and oxygen atoms in total. The molecule has 1 aliphatic heterocycles. The molecule has 0 aromatic heterocycles. The Kier molecular flexibility index (Phi) is 7.50. The SMILES string of the molecule is CCC[N](CCC)[Sn]1[N](C(C)(C)CC)C[N]1C(C)(C)CC. The summed E-state index contributed by atoms with van der Waals surface area (Å²) in [6, 6.07) is 0. The van der Waals surface area contributed by atoms with Gasteiger partial charge in [-0.2, -0.15) is 0 Å². The predicted octanol–water partition coefficient (Wildman–Crippen LogP) is 4.05. The van der Waals surface area contributed by atoms with E-state index in [9.17, 15) is 0 Å². The van der Waals surface area contributed by atoms with Gasteiger partial charge in [0.05, 0.1) is 0 Å². The molecule has 4 heteroatoms. The zero-order valence-electron chi connectivity index (χ0n) is 15.8. The summed E-state index contributed by atoms with van der Waals surface area (Å²) >= 11 is -1.85. The molecule has 0 aromatic rings. The maximum absolute atomic E-state index is 2.90. The van der Waals surface area contributed by atoms with Crippen molar-refractivity contribution in [3.05, 3.63) is 0 Å². The summed E-state index contributed by atoms with van der Waals surface area (Å²) in [6.07, 6.45) is 5.07. The summed E-state index contributed by atoms with van der Waals surface area (Å²) in [5.74, 6) is 0. The minimum absolute atomic E-state index is 0.370. The number of hydrogen-bond donors (Lipinski definition) is 0. The van der Waals surface area contributed by atoms with Gasteiger partial charge in [-0.1, -0.05) is 0 Å². The quantitative estimate of drug-likeness (QED) is 0.538. The molecule has 1 heterocycles. The van der Waals surface area contributed by atoms with Crippen LogP contribution in [-0.2, 0) is 0 Å². The fourth-order valence-electron chi connectivity index (χ4n) is 2.83. The van der Waals surface area contributed by atoms with E-state index in [0.29, 0.717) is 11.1 Å². The first kappa shape index (κ1) is 19.7. The van der Waals surface area contributed by atoms with Crippen LogP contribution in [0.2, 0.25) is 0 Å². The second-order valence-corrected chi connectivity index (χ2v) is 14.2. The van der Waals surface area contributed by atoms with Gasteiger partial charge in [-0.25, -0.2) is 0 Å². The Balaban J connectivity index is 2.99. The summed E-state index contributed by atoms with van der Waals surface area (Å²) in [5.41, 5.74) is 0.740. The molecule has 1 fully saturated rings. The summed E-state index contributed by atoms with van der Waals surface area (Å²) in [5, 5.41) is 0. The molecule has 0 spiro atoms. The molecule has 125 valence electrons. The molecule has 0 atom stereocenters. The van der Waals surface area contributed by atoms with Gasteiger partial charge < -0.3 is 0 Å². The van der Waals surface area contributed by atoms with Crippen LogP contribution in [0.1, 0.15) is 81.1 Å². The molecule has 0 saturated carbocycles. The van der Waals surface area contributed by atoms with Crippen LogP contribution in [0.25, 0.3) is 0 Å². The van der Waals surface area contributed by atoms with Crippen LogP contribution in [0, 0.1) is 0 Å². The zero-order chi connectivity index (χ0) is 16.3. The third kappa shape index (κ3) is 4.36. The van der Waals surface area contributed by atoms with Gasteiger partial charge >= 0.3 is 142 Å². The molecule has 0 unspecified atom stereocenters. The third-order valence-corrected chi connectivity index (χ3v) is 15.1. The summed E-state index contributed by atoms with van der Waals surface area (Å²) in [6.45, 7) is 22.9. The van der Waals surface area contributed by atoms with E-state index in [1.54, 1.807) is 0 Å². The average molecular weight is 403 g/mol. The first-order valence-corrected chi connectivity index (χ1v) is 12.7. The van der Waals surface area contributed by atoms with E-state index in [1.165, 1.54) is 45.4 Å². The van der Waals surface area contributed by atoms with Gasteiger partial charge in [-0.3, -0.25) is 0 Å². The van der Waals surface area contributed by atoms with Crippen molar-refractivity contribution < 1.29 is 0 Å². The molecule has 1 aliphatic rings. The Hall–Kier alpha value is 0.679. The van der Waals surface area contributed by atoms with E-state index < -0.39 is 20.6 Å². The van der Waals surface area contributed by atoms with Crippen molar-refractivity contribution in [1.82, 2.24) is 9.36 Å². The van der Waals surface area contributed by atoms with Crippen LogP contribution in [-0.4, -0.2) is 60.8 Å². The minimum atomic E-state index is -1.85. The molecule has 0 N–H and O–H groups in total. The zero-order valence-corrected chi connectivity index (χ0v) is 18.6. The van der Waals surface area contributed by atoms with E-state index in [-0.39, 0.29) is 0 Å². The molecule has 0 bridgehead atoms. The molecule has 0 aliphatic carbocycles. The standard InChI is InChI=1S/C11H24N2.C6H14N.Sn/c1-7-10(3,4)12-9-13-11(5,6)8-2;1-3-5-7-6-4-2;/h7-9H2,1-6H3;3-6H2,1-2H3;/q-2;-1;+3. The summed E-state index contributed by atoms with van der Waals surface area (Å²) in [7, 11) is 0. The number of rotatable bonds is 9. The van der Waals surface area contributed by atoms with E-state index in [0.717, 1.165) is 0 Å². The Bertz CT molecular complexity index is 289. The molecule has 1 rings (SSSR count). The van der Waals surface area contributed by atoms with Crippen molar-refractivity contribution in [2.45, 2.75) is 92.2 Å². The molecular weight excluding hydrogens is 365 g/mol. The average Bonchev–Trinajstić information content (AvgIpc) is 2.37. The van der Waals surface area contributed by atoms with Gasteiger partial charge in [0.25, 0.3) is 0 Å². The Morgan fingerprint density at radius 1 is 0.810 bits per heavy atom. The molecule has 1 saturated heterocycles. The van der Waals surface area contributed by atoms with Crippen LogP contribution in [0.5, 0.6) is 0 Å². The van der Waals surface area contributed by atoms with Crippen LogP contribution in [0.4, 0.5) is 0 Å². The maximum atomic E-state index is 2.90. The molecule has 21 heavy (non-hydrogen) atoms. The summed E-state index contributed by atoms with van der Waals surface area (Å²) < 4.78 is 8.69. The van der Waals surface area contributed by atoms with Crippen LogP contribution in [0.15, 0.2) is 0 Å². The first-order valence-electron chi connectivity index (χ1n) is 8.92. The van der Waals surface area contributed by atoms with Gasteiger partial charge in [-0.15, -0.1) is 0 Å². The van der Waals surface area contributed by atoms with Crippen molar-refractivity contribution in [1.29, 1.82) is 0 Å². The fraction of sp³-hybridized carbons (Fsp3) is 1.00. The van der Waals surface area contributed by atoms with Gasteiger partial charge in [-0.05, 0) is 0 Å². The Labute approximate surface area is 141 Å². The van der Waals surface area contributed by atoms with Crippen LogP contribution < -0.4 is 0 Å². The third-order valence-electron chi connectivity index (χ3n) is 5.23. The van der Waals surface area contributed by atoms with Crippen molar-refractivity contribution in [3.63, 3.8) is 0 Å². The Morgan fingerprint density at radius 2 is 1.19 bits per heavy atom. The normalized spacial score (nSPS) is 19.3. The second kappa shape index (κ2) is 7.98. The van der Waals surface area contributed by atoms with Crippen molar-refractivity contribution in [3.8, 4) is 0 Å². The van der Waals surface area contributed by atoms with E-state index in [1.807, 2.05) is 0 Å². The predicted molar refractivity (Wildman–Crippen MR) is 95.2 cm³/mol. The number of hydrogen-bond acceptors (Lipinski definition) is 3. The summed E-state index contributed by atoms with van der Waals surface area (Å²) in [4.78, 5) is 0. The molecule has 0 aromatic carbocycles. The van der Waals surface area contributed by atoms with Gasteiger partial charge in [0.1, 0.15) is 0 Å². The van der Waals surface area contributed by atoms with Crippen LogP contribution >= 0.6 is 0 Å². The van der Waals surface area contributed by atoms with Gasteiger partial charge in [0, 0.05) is 0 Å². The fourth-order valence-corrected chi connectivity index (χ4v) is 12.9. The second-order valence-electron chi connectivity index (χ2n) is 7.62. The van der Waals surface area contributed by atoms with E-state index >= 15 is 0 Å². The molecule has 1 radical (unpaired) electrons. The van der Waals surface area contributed by atoms with Crippen LogP contribution in [0.3, 0.4) is 0 Å². The topological polar surface area (TPSA) is 9.72 Å². The van der Waals surface area contributed by atoms with Crippen molar-refractivity contribution >= 4 is 20.6 Å². The molecule has 0 amide bonds. The monoisotopic (exact) mass is 404 g/mol. The molecular formula is C17H38N3Sn. The van der Waals surface area contributed by atoms with E-state index in [4.69, 9.17) is 0 Å². The van der Waals surface area contributed by atoms with Crippen molar-refractivity contribution in [2.75, 3.05) is 19.8 Å².